The molecule has 0 fully saturated rings. The highest BCUT2D eigenvalue weighted by Gasteiger charge is 2.30. The minimum absolute atomic E-state index is 0.191. The summed E-state index contributed by atoms with van der Waals surface area (Å²) in [6.07, 6.45) is 0.293. The van der Waals surface area contributed by atoms with Crippen molar-refractivity contribution in [1.29, 1.82) is 0 Å². The minimum atomic E-state index is -0.791. The van der Waals surface area contributed by atoms with E-state index < -0.39 is 17.4 Å². The van der Waals surface area contributed by atoms with Crippen LogP contribution in [0.25, 0.3) is 0 Å². The van der Waals surface area contributed by atoms with Gasteiger partial charge in [0.1, 0.15) is 6.04 Å². The molecule has 1 amide bonds. The fourth-order valence-electron chi connectivity index (χ4n) is 2.72. The van der Waals surface area contributed by atoms with Gasteiger partial charge in [-0.3, -0.25) is 4.79 Å². The lowest BCUT2D eigenvalue weighted by Gasteiger charge is -2.28. The average Bonchev–Trinajstić information content (AvgIpc) is 2.57. The monoisotopic (exact) mass is 379 g/mol. The van der Waals surface area contributed by atoms with E-state index in [9.17, 15) is 9.59 Å². The summed E-state index contributed by atoms with van der Waals surface area (Å²) >= 11 is 0. The maximum Gasteiger partial charge on any atom is 0.328 e. The van der Waals surface area contributed by atoms with E-state index >= 15 is 0 Å². The minimum Gasteiger partial charge on any atom is -0.493 e. The first-order valence-electron chi connectivity index (χ1n) is 8.99. The quantitative estimate of drug-likeness (QED) is 0.768. The van der Waals surface area contributed by atoms with Gasteiger partial charge in [0, 0.05) is 11.8 Å². The third kappa shape index (κ3) is 5.88. The summed E-state index contributed by atoms with van der Waals surface area (Å²) in [6.45, 7) is 11.6. The first kappa shape index (κ1) is 22.8. The third-order valence-electron chi connectivity index (χ3n) is 4.31. The van der Waals surface area contributed by atoms with Crippen LogP contribution in [0.15, 0.2) is 12.1 Å². The molecule has 0 unspecified atom stereocenters. The highest BCUT2D eigenvalue weighted by molar-refractivity contribution is 5.87. The zero-order valence-electron chi connectivity index (χ0n) is 18.0. The molecule has 1 aromatic carbocycles. The van der Waals surface area contributed by atoms with Crippen molar-refractivity contribution in [2.45, 2.75) is 59.4 Å². The second-order valence-corrected chi connectivity index (χ2v) is 8.62. The van der Waals surface area contributed by atoms with E-state index in [2.05, 4.69) is 26.1 Å². The molecular weight excluding hydrogens is 346 g/mol. The number of hydrogen-bond acceptors (Lipinski definition) is 5. The molecule has 0 saturated carbocycles. The van der Waals surface area contributed by atoms with Crippen molar-refractivity contribution in [3.63, 3.8) is 0 Å². The van der Waals surface area contributed by atoms with Gasteiger partial charge in [-0.2, -0.15) is 0 Å². The van der Waals surface area contributed by atoms with Crippen LogP contribution in [0.1, 0.15) is 52.7 Å². The van der Waals surface area contributed by atoms with Crippen molar-refractivity contribution < 1.29 is 23.8 Å². The van der Waals surface area contributed by atoms with Crippen molar-refractivity contribution in [3.05, 3.63) is 23.3 Å². The number of esters is 1. The van der Waals surface area contributed by atoms with Crippen molar-refractivity contribution >= 4 is 11.9 Å². The summed E-state index contributed by atoms with van der Waals surface area (Å²) in [5.41, 5.74) is 1.10. The van der Waals surface area contributed by atoms with Crippen LogP contribution in [0.5, 0.6) is 11.5 Å². The zero-order chi connectivity index (χ0) is 21.0. The number of methoxy groups -OCH3 is 3. The molecule has 0 radical (unpaired) electrons. The summed E-state index contributed by atoms with van der Waals surface area (Å²) in [6, 6.07) is 2.99. The zero-order valence-corrected chi connectivity index (χ0v) is 18.0. The molecule has 1 N–H and O–H groups in total. The number of ether oxygens (including phenoxy) is 3. The first-order chi connectivity index (χ1) is 12.3. The van der Waals surface area contributed by atoms with Gasteiger partial charge < -0.3 is 19.5 Å². The predicted molar refractivity (Wildman–Crippen MR) is 105 cm³/mol. The number of nitrogens with one attached hydrogen (secondary N) is 1. The average molecular weight is 379 g/mol. The molecule has 0 saturated heterocycles. The van der Waals surface area contributed by atoms with E-state index in [1.807, 2.05) is 12.1 Å². The maximum atomic E-state index is 12.4. The number of hydrogen-bond donors (Lipinski definition) is 1. The van der Waals surface area contributed by atoms with Gasteiger partial charge in [0.05, 0.1) is 21.3 Å². The standard InChI is InChI=1S/C21H33NO5/c1-20(2,3)14-12-17(26-8)16(25-7)11-13(14)10-15(18(23)27-9)22-19(24)21(4,5)6/h11-12,15H,10H2,1-9H3,(H,22,24)/t15-/m0/s1. The highest BCUT2D eigenvalue weighted by Crippen LogP contribution is 2.36. The fraction of sp³-hybridized carbons (Fsp3) is 0.619. The van der Waals surface area contributed by atoms with Gasteiger partial charge in [0.25, 0.3) is 0 Å². The van der Waals surface area contributed by atoms with Crippen LogP contribution in [0.2, 0.25) is 0 Å². The maximum absolute atomic E-state index is 12.4. The topological polar surface area (TPSA) is 73.9 Å². The summed E-state index contributed by atoms with van der Waals surface area (Å²) in [5, 5.41) is 2.82. The second kappa shape index (κ2) is 8.63. The van der Waals surface area contributed by atoms with E-state index in [1.54, 1.807) is 35.0 Å². The number of carbonyl (C=O) groups excluding carboxylic acids is 2. The summed E-state index contributed by atoms with van der Waals surface area (Å²) in [5.74, 6) is 0.503. The Bertz CT molecular complexity index is 683. The molecule has 0 aliphatic rings. The Balaban J connectivity index is 3.38. The molecule has 6 heteroatoms. The van der Waals surface area contributed by atoms with Gasteiger partial charge in [-0.1, -0.05) is 41.5 Å². The van der Waals surface area contributed by atoms with Crippen molar-refractivity contribution in [2.24, 2.45) is 5.41 Å². The molecule has 1 aromatic rings. The van der Waals surface area contributed by atoms with Crippen molar-refractivity contribution in [2.75, 3.05) is 21.3 Å². The largest absolute Gasteiger partial charge is 0.493 e. The molecular formula is C21H33NO5. The number of benzene rings is 1. The number of amides is 1. The summed E-state index contributed by atoms with van der Waals surface area (Å²) in [4.78, 5) is 24.8. The van der Waals surface area contributed by atoms with Crippen molar-refractivity contribution in [1.82, 2.24) is 5.32 Å². The lowest BCUT2D eigenvalue weighted by molar-refractivity contribution is -0.146. The third-order valence-corrected chi connectivity index (χ3v) is 4.31. The van der Waals surface area contributed by atoms with E-state index in [0.717, 1.165) is 11.1 Å². The van der Waals surface area contributed by atoms with Gasteiger partial charge in [0.15, 0.2) is 11.5 Å². The molecule has 0 heterocycles. The van der Waals surface area contributed by atoms with Crippen LogP contribution in [0.4, 0.5) is 0 Å². The number of rotatable bonds is 6. The molecule has 27 heavy (non-hydrogen) atoms. The van der Waals surface area contributed by atoms with E-state index in [-0.39, 0.29) is 11.3 Å². The van der Waals surface area contributed by atoms with Crippen LogP contribution in [0.3, 0.4) is 0 Å². The number of carbonyl (C=O) groups is 2. The second-order valence-electron chi connectivity index (χ2n) is 8.62. The van der Waals surface area contributed by atoms with Crippen LogP contribution >= 0.6 is 0 Å². The Morgan fingerprint density at radius 3 is 1.89 bits per heavy atom. The Morgan fingerprint density at radius 1 is 0.963 bits per heavy atom. The van der Waals surface area contributed by atoms with Crippen LogP contribution in [-0.2, 0) is 26.2 Å². The van der Waals surface area contributed by atoms with E-state index in [4.69, 9.17) is 14.2 Å². The molecule has 0 aliphatic heterocycles. The van der Waals surface area contributed by atoms with Gasteiger partial charge in [-0.15, -0.1) is 0 Å². The molecule has 0 spiro atoms. The molecule has 152 valence electrons. The van der Waals surface area contributed by atoms with Gasteiger partial charge in [0.2, 0.25) is 5.91 Å². The van der Waals surface area contributed by atoms with E-state index in [1.165, 1.54) is 7.11 Å². The molecule has 0 aliphatic carbocycles. The molecule has 0 aromatic heterocycles. The first-order valence-corrected chi connectivity index (χ1v) is 8.99. The van der Waals surface area contributed by atoms with E-state index in [0.29, 0.717) is 17.9 Å². The fourth-order valence-corrected chi connectivity index (χ4v) is 2.72. The smallest absolute Gasteiger partial charge is 0.328 e. The molecule has 0 bridgehead atoms. The predicted octanol–water partition coefficient (Wildman–Crippen LogP) is 3.25. The van der Waals surface area contributed by atoms with Crippen LogP contribution < -0.4 is 14.8 Å². The highest BCUT2D eigenvalue weighted by atomic mass is 16.5. The SMILES string of the molecule is COC(=O)[C@H](Cc1cc(OC)c(OC)cc1C(C)(C)C)NC(=O)C(C)(C)C. The Labute approximate surface area is 162 Å². The normalized spacial score (nSPS) is 12.9. The molecule has 6 nitrogen and oxygen atoms in total. The van der Waals surface area contributed by atoms with Gasteiger partial charge in [-0.05, 0) is 28.7 Å². The lowest BCUT2D eigenvalue weighted by Crippen LogP contribution is -2.47. The van der Waals surface area contributed by atoms with Gasteiger partial charge in [-0.25, -0.2) is 4.79 Å². The van der Waals surface area contributed by atoms with Crippen LogP contribution in [0, 0.1) is 5.41 Å². The Hall–Kier alpha value is -2.24. The summed E-state index contributed by atoms with van der Waals surface area (Å²) in [7, 11) is 4.47. The summed E-state index contributed by atoms with van der Waals surface area (Å²) < 4.78 is 15.8. The van der Waals surface area contributed by atoms with Gasteiger partial charge >= 0.3 is 5.97 Å². The van der Waals surface area contributed by atoms with Crippen molar-refractivity contribution in [3.8, 4) is 11.5 Å². The Kier molecular flexibility index (Phi) is 7.29. The Morgan fingerprint density at radius 2 is 1.48 bits per heavy atom. The van der Waals surface area contributed by atoms with Crippen LogP contribution in [-0.4, -0.2) is 39.2 Å². The molecule has 1 rings (SSSR count). The molecule has 1 atom stereocenters. The lowest BCUT2D eigenvalue weighted by atomic mass is 9.81.